The van der Waals surface area contributed by atoms with Crippen molar-refractivity contribution in [1.29, 1.82) is 0 Å². The molecule has 1 heterocycles. The molecule has 0 atom stereocenters. The molecule has 3 rings (SSSR count). The number of aromatic nitrogens is 1. The van der Waals surface area contributed by atoms with Crippen molar-refractivity contribution < 1.29 is 19.1 Å². The van der Waals surface area contributed by atoms with Gasteiger partial charge in [0.2, 0.25) is 0 Å². The number of unbranched alkanes of at least 4 members (excludes halogenated alkanes) is 1. The summed E-state index contributed by atoms with van der Waals surface area (Å²) in [6, 6.07) is 11.1. The minimum absolute atomic E-state index is 0.00865. The number of ether oxygens (including phenoxy) is 2. The number of benzene rings is 2. The lowest BCUT2D eigenvalue weighted by Crippen LogP contribution is -2.22. The van der Waals surface area contributed by atoms with Gasteiger partial charge < -0.3 is 14.0 Å². The Morgan fingerprint density at radius 3 is 2.63 bits per heavy atom. The quantitative estimate of drug-likeness (QED) is 0.414. The molecule has 0 unspecified atom stereocenters. The fourth-order valence-corrected chi connectivity index (χ4v) is 4.07. The van der Waals surface area contributed by atoms with Gasteiger partial charge in [0.15, 0.2) is 4.80 Å². The van der Waals surface area contributed by atoms with Gasteiger partial charge in [-0.05, 0) is 61.7 Å². The molecule has 6 nitrogen and oxygen atoms in total. The second-order valence-electron chi connectivity index (χ2n) is 7.10. The molecule has 1 amide bonds. The second kappa shape index (κ2) is 9.71. The summed E-state index contributed by atoms with van der Waals surface area (Å²) in [5.41, 5.74) is 3.55. The van der Waals surface area contributed by atoms with Gasteiger partial charge in [0, 0.05) is 5.56 Å². The predicted molar refractivity (Wildman–Crippen MR) is 118 cm³/mol. The number of rotatable bonds is 7. The molecule has 0 spiro atoms. The van der Waals surface area contributed by atoms with E-state index in [1.165, 1.54) is 18.4 Å². The van der Waals surface area contributed by atoms with E-state index in [0.29, 0.717) is 22.7 Å². The Morgan fingerprint density at radius 1 is 1.13 bits per heavy atom. The average Bonchev–Trinajstić information content (AvgIpc) is 3.04. The van der Waals surface area contributed by atoms with Gasteiger partial charge in [0.25, 0.3) is 5.91 Å². The summed E-state index contributed by atoms with van der Waals surface area (Å²) < 4.78 is 13.2. The van der Waals surface area contributed by atoms with Crippen LogP contribution in [-0.4, -0.2) is 30.2 Å². The summed E-state index contributed by atoms with van der Waals surface area (Å²) in [5, 5.41) is 0. The van der Waals surface area contributed by atoms with Crippen LogP contribution in [0.3, 0.4) is 0 Å². The number of fused-ring (bicyclic) bond motifs is 1. The molecule has 0 bridgehead atoms. The smallest absolute Gasteiger partial charge is 0.325 e. The monoisotopic (exact) mass is 426 g/mol. The van der Waals surface area contributed by atoms with E-state index in [0.717, 1.165) is 34.2 Å². The van der Waals surface area contributed by atoms with Crippen molar-refractivity contribution in [2.45, 2.75) is 40.2 Å². The molecule has 0 aliphatic heterocycles. The number of carbonyl (C=O) groups is 2. The number of amides is 1. The molecule has 3 aromatic rings. The third kappa shape index (κ3) is 4.97. The number of aryl methyl sites for hydroxylation is 2. The molecule has 1 aromatic heterocycles. The van der Waals surface area contributed by atoms with Gasteiger partial charge in [-0.3, -0.25) is 9.59 Å². The summed E-state index contributed by atoms with van der Waals surface area (Å²) >= 11 is 1.38. The lowest BCUT2D eigenvalue weighted by Gasteiger charge is -2.06. The van der Waals surface area contributed by atoms with Gasteiger partial charge in [0.1, 0.15) is 12.3 Å². The normalized spacial score (nSPS) is 11.7. The molecule has 2 aromatic carbocycles. The third-order valence-corrected chi connectivity index (χ3v) is 5.90. The predicted octanol–water partition coefficient (Wildman–Crippen LogP) is 4.41. The summed E-state index contributed by atoms with van der Waals surface area (Å²) in [5.74, 6) is -0.128. The lowest BCUT2D eigenvalue weighted by molar-refractivity contribution is -0.141. The van der Waals surface area contributed by atoms with E-state index >= 15 is 0 Å². The Labute approximate surface area is 179 Å². The van der Waals surface area contributed by atoms with Gasteiger partial charge in [-0.15, -0.1) is 0 Å². The zero-order valence-corrected chi connectivity index (χ0v) is 18.5. The van der Waals surface area contributed by atoms with E-state index in [4.69, 9.17) is 9.47 Å². The fourth-order valence-electron chi connectivity index (χ4n) is 2.96. The molecule has 0 aliphatic rings. The minimum Gasteiger partial charge on any atom is -0.494 e. The van der Waals surface area contributed by atoms with Crippen molar-refractivity contribution in [1.82, 2.24) is 4.57 Å². The molecule has 0 fully saturated rings. The topological polar surface area (TPSA) is 69.9 Å². The number of carbonyl (C=O) groups excluding carboxylic acids is 2. The maximum absolute atomic E-state index is 12.9. The largest absolute Gasteiger partial charge is 0.494 e. The van der Waals surface area contributed by atoms with Crippen LogP contribution in [0.5, 0.6) is 5.75 Å². The van der Waals surface area contributed by atoms with Crippen molar-refractivity contribution in [3.05, 3.63) is 57.9 Å². The molecule has 30 heavy (non-hydrogen) atoms. The Balaban J connectivity index is 2.02. The van der Waals surface area contributed by atoms with Gasteiger partial charge in [-0.25, -0.2) is 0 Å². The fraction of sp³-hybridized carbons (Fsp3) is 0.348. The number of esters is 1. The molecule has 0 aliphatic carbocycles. The Kier molecular flexibility index (Phi) is 7.05. The first kappa shape index (κ1) is 21.8. The van der Waals surface area contributed by atoms with Crippen molar-refractivity contribution in [2.24, 2.45) is 4.99 Å². The Hall–Kier alpha value is -2.93. The van der Waals surface area contributed by atoms with E-state index in [9.17, 15) is 9.59 Å². The van der Waals surface area contributed by atoms with Crippen molar-refractivity contribution in [3.63, 3.8) is 0 Å². The van der Waals surface area contributed by atoms with E-state index in [1.54, 1.807) is 22.8 Å². The van der Waals surface area contributed by atoms with E-state index in [1.807, 2.05) is 26.0 Å². The van der Waals surface area contributed by atoms with Crippen LogP contribution in [0.4, 0.5) is 0 Å². The van der Waals surface area contributed by atoms with Crippen molar-refractivity contribution in [2.75, 3.05) is 13.7 Å². The zero-order valence-electron chi connectivity index (χ0n) is 17.7. The van der Waals surface area contributed by atoms with Crippen LogP contribution in [0.2, 0.25) is 0 Å². The van der Waals surface area contributed by atoms with Crippen molar-refractivity contribution in [3.8, 4) is 5.75 Å². The summed E-state index contributed by atoms with van der Waals surface area (Å²) in [7, 11) is 1.35. The molecule has 0 N–H and O–H groups in total. The zero-order chi connectivity index (χ0) is 21.7. The molecule has 0 saturated carbocycles. The van der Waals surface area contributed by atoms with Crippen LogP contribution >= 0.6 is 11.3 Å². The molecule has 0 radical (unpaired) electrons. The van der Waals surface area contributed by atoms with E-state index in [2.05, 4.69) is 18.0 Å². The highest BCUT2D eigenvalue weighted by molar-refractivity contribution is 7.16. The van der Waals surface area contributed by atoms with E-state index in [-0.39, 0.29) is 12.5 Å². The number of hydrogen-bond donors (Lipinski definition) is 0. The van der Waals surface area contributed by atoms with Gasteiger partial charge >= 0.3 is 5.97 Å². The van der Waals surface area contributed by atoms with Crippen molar-refractivity contribution >= 4 is 33.4 Å². The molecular formula is C23H26N2O4S. The summed E-state index contributed by atoms with van der Waals surface area (Å²) in [6.07, 6.45) is 2.00. The van der Waals surface area contributed by atoms with Gasteiger partial charge in [0.05, 0.1) is 23.9 Å². The Morgan fingerprint density at radius 2 is 1.90 bits per heavy atom. The average molecular weight is 427 g/mol. The summed E-state index contributed by atoms with van der Waals surface area (Å²) in [6.45, 7) is 6.75. The number of nitrogens with zero attached hydrogens (tertiary/aromatic N) is 2. The number of hydrogen-bond acceptors (Lipinski definition) is 5. The molecule has 7 heteroatoms. The second-order valence-corrected chi connectivity index (χ2v) is 8.11. The van der Waals surface area contributed by atoms with Crippen LogP contribution < -0.4 is 9.54 Å². The third-order valence-electron chi connectivity index (χ3n) is 4.86. The van der Waals surface area contributed by atoms with Gasteiger partial charge in [-0.2, -0.15) is 4.99 Å². The van der Waals surface area contributed by atoms with Crippen LogP contribution in [0, 0.1) is 13.8 Å². The molecule has 0 saturated heterocycles. The molecular weight excluding hydrogens is 400 g/mol. The van der Waals surface area contributed by atoms with E-state index < -0.39 is 5.97 Å². The standard InChI is InChI=1S/C23H26N2O4S/c1-5-6-10-29-18-9-7-8-17(13-18)22(27)24-23-25(14-21(26)28-4)19-11-15(2)16(3)12-20(19)30-23/h7-9,11-13H,5-6,10,14H2,1-4H3. The minimum atomic E-state index is -0.395. The van der Waals surface area contributed by atoms with Gasteiger partial charge in [-0.1, -0.05) is 30.7 Å². The van der Waals surface area contributed by atoms with Crippen LogP contribution in [0.15, 0.2) is 41.4 Å². The number of thiazole rings is 1. The highest BCUT2D eigenvalue weighted by atomic mass is 32.1. The molecule has 158 valence electrons. The highest BCUT2D eigenvalue weighted by Crippen LogP contribution is 2.22. The maximum Gasteiger partial charge on any atom is 0.325 e. The highest BCUT2D eigenvalue weighted by Gasteiger charge is 2.14. The maximum atomic E-state index is 12.9. The lowest BCUT2D eigenvalue weighted by atomic mass is 10.1. The van der Waals surface area contributed by atoms with Crippen LogP contribution in [0.25, 0.3) is 10.2 Å². The first-order valence-electron chi connectivity index (χ1n) is 9.92. The first-order valence-corrected chi connectivity index (χ1v) is 10.7. The Bertz CT molecular complexity index is 1140. The van der Waals surface area contributed by atoms with Crippen LogP contribution in [-0.2, 0) is 16.1 Å². The first-order chi connectivity index (χ1) is 14.4. The SMILES string of the molecule is CCCCOc1cccc(C(=O)N=c2sc3cc(C)c(C)cc3n2CC(=O)OC)c1. The summed E-state index contributed by atoms with van der Waals surface area (Å²) in [4.78, 5) is 29.6. The number of methoxy groups -OCH3 is 1. The van der Waals surface area contributed by atoms with Crippen LogP contribution in [0.1, 0.15) is 41.3 Å².